The maximum Gasteiger partial charge on any atom is 0.186 e. The van der Waals surface area contributed by atoms with E-state index in [0.717, 1.165) is 22.7 Å². The van der Waals surface area contributed by atoms with Gasteiger partial charge in [-0.15, -0.1) is 0 Å². The fraction of sp³-hybridized carbons (Fsp3) is 0.500. The number of thioether (sulfide) groups is 1. The summed E-state index contributed by atoms with van der Waals surface area (Å²) in [5, 5.41) is 0.982. The highest BCUT2D eigenvalue weighted by Crippen LogP contribution is 2.03. The maximum atomic E-state index is 5.30. The Labute approximate surface area is 118 Å². The summed E-state index contributed by atoms with van der Waals surface area (Å²) in [5.41, 5.74) is 1.58. The molecule has 96 valence electrons. The minimum Gasteiger partial charge on any atom is -0.482 e. The van der Waals surface area contributed by atoms with Gasteiger partial charge in [-0.05, 0) is 49.4 Å². The largest absolute Gasteiger partial charge is 0.482 e. The molecule has 0 unspecified atom stereocenters. The molecule has 0 radical (unpaired) electrons. The Morgan fingerprint density at radius 3 is 1.59 bits per heavy atom. The second-order valence-corrected chi connectivity index (χ2v) is 5.41. The Morgan fingerprint density at radius 2 is 1.29 bits per heavy atom. The molecule has 5 heteroatoms. The molecule has 0 N–H and O–H groups in total. The minimum absolute atomic E-state index is 0.491. The van der Waals surface area contributed by atoms with Gasteiger partial charge in [0.05, 0.1) is 13.2 Å². The molecular weight excluding hydrogens is 272 g/mol. The van der Waals surface area contributed by atoms with Gasteiger partial charge in [-0.1, -0.05) is 13.2 Å². The van der Waals surface area contributed by atoms with Crippen LogP contribution < -0.4 is 0 Å². The van der Waals surface area contributed by atoms with Gasteiger partial charge < -0.3 is 9.47 Å². The van der Waals surface area contributed by atoms with Crippen LogP contribution in [0.2, 0.25) is 0 Å². The van der Waals surface area contributed by atoms with Crippen LogP contribution in [0.25, 0.3) is 0 Å². The molecule has 0 aromatic carbocycles. The summed E-state index contributed by atoms with van der Waals surface area (Å²) in [6, 6.07) is 0. The molecule has 0 aromatic rings. The number of rotatable bonds is 8. The summed E-state index contributed by atoms with van der Waals surface area (Å²) in [7, 11) is 0. The zero-order valence-electron chi connectivity index (χ0n) is 10.3. The zero-order chi connectivity index (χ0) is 13.3. The van der Waals surface area contributed by atoms with Crippen molar-refractivity contribution in [3.05, 3.63) is 24.3 Å². The van der Waals surface area contributed by atoms with Gasteiger partial charge in [0.2, 0.25) is 0 Å². The molecule has 17 heavy (non-hydrogen) atoms. The van der Waals surface area contributed by atoms with E-state index in [1.165, 1.54) is 0 Å². The highest BCUT2D eigenvalue weighted by molar-refractivity contribution is 7.99. The van der Waals surface area contributed by atoms with Gasteiger partial charge in [0.15, 0.2) is 10.1 Å². The van der Waals surface area contributed by atoms with Crippen LogP contribution in [0.1, 0.15) is 13.8 Å². The van der Waals surface area contributed by atoms with Gasteiger partial charge in [-0.3, -0.25) is 0 Å². The molecule has 0 rings (SSSR count). The first-order chi connectivity index (χ1) is 7.95. The molecule has 0 heterocycles. The fourth-order valence-corrected chi connectivity index (χ4v) is 1.51. The summed E-state index contributed by atoms with van der Waals surface area (Å²) in [6.07, 6.45) is 0. The molecule has 0 aromatic heterocycles. The Balaban J connectivity index is 3.36. The third-order valence-corrected chi connectivity index (χ3v) is 3.46. The number of thiocarbonyl (C=S) groups is 2. The van der Waals surface area contributed by atoms with Crippen LogP contribution in [-0.2, 0) is 9.47 Å². The summed E-state index contributed by atoms with van der Waals surface area (Å²) < 4.78 is 10.6. The average molecular weight is 290 g/mol. The van der Waals surface area contributed by atoms with Crippen LogP contribution in [0.3, 0.4) is 0 Å². The first-order valence-corrected chi connectivity index (χ1v) is 7.15. The first kappa shape index (κ1) is 16.6. The van der Waals surface area contributed by atoms with E-state index >= 15 is 0 Å². The van der Waals surface area contributed by atoms with Crippen molar-refractivity contribution in [2.75, 3.05) is 24.7 Å². The zero-order valence-corrected chi connectivity index (χ0v) is 12.7. The van der Waals surface area contributed by atoms with Crippen molar-refractivity contribution < 1.29 is 9.47 Å². The normalized spacial score (nSPS) is 9.53. The molecule has 0 aliphatic heterocycles. The Morgan fingerprint density at radius 1 is 0.941 bits per heavy atom. The lowest BCUT2D eigenvalue weighted by atomic mass is 10.4. The second kappa shape index (κ2) is 9.62. The predicted octanol–water partition coefficient (Wildman–Crippen LogP) is 3.56. The SMILES string of the molecule is C=C(C)C(=S)OCCSCCOC(=S)C(=C)C. The van der Waals surface area contributed by atoms with Crippen LogP contribution >= 0.6 is 36.2 Å². The van der Waals surface area contributed by atoms with Crippen molar-refractivity contribution in [2.45, 2.75) is 13.8 Å². The highest BCUT2D eigenvalue weighted by atomic mass is 32.2. The molecule has 0 bridgehead atoms. The molecule has 0 atom stereocenters. The van der Waals surface area contributed by atoms with Gasteiger partial charge in [-0.25, -0.2) is 0 Å². The van der Waals surface area contributed by atoms with Crippen molar-refractivity contribution in [2.24, 2.45) is 0 Å². The minimum atomic E-state index is 0.491. The molecule has 0 fully saturated rings. The molecule has 0 amide bonds. The molecule has 0 spiro atoms. The predicted molar refractivity (Wildman–Crippen MR) is 84.1 cm³/mol. The molecule has 2 nitrogen and oxygen atoms in total. The molecule has 0 saturated heterocycles. The fourth-order valence-electron chi connectivity index (χ4n) is 0.735. The van der Waals surface area contributed by atoms with E-state index in [0.29, 0.717) is 23.3 Å². The molecular formula is C12H18O2S3. The third-order valence-electron chi connectivity index (χ3n) is 1.62. The Bertz CT molecular complexity index is 281. The van der Waals surface area contributed by atoms with Crippen molar-refractivity contribution in [1.29, 1.82) is 0 Å². The lowest BCUT2D eigenvalue weighted by Gasteiger charge is -2.08. The van der Waals surface area contributed by atoms with Crippen LogP contribution in [-0.4, -0.2) is 34.8 Å². The lowest BCUT2D eigenvalue weighted by Crippen LogP contribution is -2.08. The van der Waals surface area contributed by atoms with E-state index in [1.807, 2.05) is 13.8 Å². The number of ether oxygens (including phenoxy) is 2. The van der Waals surface area contributed by atoms with E-state index in [4.69, 9.17) is 33.9 Å². The summed E-state index contributed by atoms with van der Waals surface area (Å²) in [4.78, 5) is 0. The Hall–Kier alpha value is -0.390. The van der Waals surface area contributed by atoms with Crippen LogP contribution in [0.15, 0.2) is 24.3 Å². The van der Waals surface area contributed by atoms with Crippen molar-refractivity contribution >= 4 is 46.3 Å². The third kappa shape index (κ3) is 9.32. The van der Waals surface area contributed by atoms with Crippen molar-refractivity contribution in [3.8, 4) is 0 Å². The summed E-state index contributed by atoms with van der Waals surface area (Å²) in [5.74, 6) is 1.74. The van der Waals surface area contributed by atoms with E-state index in [9.17, 15) is 0 Å². The molecule has 0 aliphatic rings. The number of hydrogen-bond acceptors (Lipinski definition) is 5. The van der Waals surface area contributed by atoms with Crippen molar-refractivity contribution in [1.82, 2.24) is 0 Å². The van der Waals surface area contributed by atoms with Gasteiger partial charge >= 0.3 is 0 Å². The lowest BCUT2D eigenvalue weighted by molar-refractivity contribution is 0.336. The molecule has 0 saturated carbocycles. The monoisotopic (exact) mass is 290 g/mol. The standard InChI is InChI=1S/C12H18O2S3/c1-9(2)11(15)13-5-7-17-8-6-14-12(16)10(3)4/h1,3,5-8H2,2,4H3. The summed E-state index contributed by atoms with van der Waals surface area (Å²) in [6.45, 7) is 12.3. The average Bonchev–Trinajstić information content (AvgIpc) is 2.26. The van der Waals surface area contributed by atoms with Gasteiger partial charge in [0, 0.05) is 11.5 Å². The van der Waals surface area contributed by atoms with Gasteiger partial charge in [0.1, 0.15) is 0 Å². The van der Waals surface area contributed by atoms with E-state index in [2.05, 4.69) is 13.2 Å². The topological polar surface area (TPSA) is 18.5 Å². The van der Waals surface area contributed by atoms with E-state index in [-0.39, 0.29) is 0 Å². The first-order valence-electron chi connectivity index (χ1n) is 5.18. The maximum absolute atomic E-state index is 5.30. The number of hydrogen-bond donors (Lipinski definition) is 0. The van der Waals surface area contributed by atoms with E-state index < -0.39 is 0 Å². The van der Waals surface area contributed by atoms with Crippen molar-refractivity contribution in [3.63, 3.8) is 0 Å². The van der Waals surface area contributed by atoms with Crippen LogP contribution in [0.4, 0.5) is 0 Å². The molecule has 0 aliphatic carbocycles. The summed E-state index contributed by atoms with van der Waals surface area (Å²) >= 11 is 11.7. The van der Waals surface area contributed by atoms with Crippen LogP contribution in [0.5, 0.6) is 0 Å². The highest BCUT2D eigenvalue weighted by Gasteiger charge is 1.99. The smallest absolute Gasteiger partial charge is 0.186 e. The Kier molecular flexibility index (Phi) is 9.40. The van der Waals surface area contributed by atoms with Gasteiger partial charge in [0.25, 0.3) is 0 Å². The van der Waals surface area contributed by atoms with Gasteiger partial charge in [-0.2, -0.15) is 11.8 Å². The van der Waals surface area contributed by atoms with E-state index in [1.54, 1.807) is 11.8 Å². The quantitative estimate of drug-likeness (QED) is 0.385. The second-order valence-electron chi connectivity index (χ2n) is 3.44. The van der Waals surface area contributed by atoms with Crippen LogP contribution in [0, 0.1) is 0 Å².